The Labute approximate surface area is 235 Å². The van der Waals surface area contributed by atoms with Gasteiger partial charge < -0.3 is 9.47 Å². The zero-order valence-electron chi connectivity index (χ0n) is 23.6. The summed E-state index contributed by atoms with van der Waals surface area (Å²) in [6, 6.07) is 13.5. The summed E-state index contributed by atoms with van der Waals surface area (Å²) in [7, 11) is 0. The lowest BCUT2D eigenvalue weighted by Gasteiger charge is -2.29. The minimum absolute atomic E-state index is 0.000785. The van der Waals surface area contributed by atoms with Gasteiger partial charge in [-0.1, -0.05) is 69.2 Å². The van der Waals surface area contributed by atoms with Crippen LogP contribution in [-0.2, 0) is 17.6 Å². The molecule has 0 amide bonds. The van der Waals surface area contributed by atoms with E-state index in [0.717, 1.165) is 63.5 Å². The summed E-state index contributed by atoms with van der Waals surface area (Å²) in [5.41, 5.74) is 2.40. The fraction of sp³-hybridized carbons (Fsp3) is 0.471. The molecule has 0 aromatic heterocycles. The zero-order chi connectivity index (χ0) is 28.5. The van der Waals surface area contributed by atoms with Crippen molar-refractivity contribution in [2.75, 3.05) is 13.2 Å². The van der Waals surface area contributed by atoms with Gasteiger partial charge in [-0.25, -0.2) is 13.2 Å². The van der Waals surface area contributed by atoms with Crippen LogP contribution in [0, 0.1) is 23.3 Å². The lowest BCUT2D eigenvalue weighted by molar-refractivity contribution is 0.0230. The van der Waals surface area contributed by atoms with Gasteiger partial charge in [-0.2, -0.15) is 4.39 Å². The molecule has 0 atom stereocenters. The summed E-state index contributed by atoms with van der Waals surface area (Å²) >= 11 is 0. The Morgan fingerprint density at radius 3 is 2.08 bits per heavy atom. The van der Waals surface area contributed by atoms with Gasteiger partial charge in [0.1, 0.15) is 0 Å². The lowest BCUT2D eigenvalue weighted by atomic mass is 9.82. The van der Waals surface area contributed by atoms with Gasteiger partial charge in [0.25, 0.3) is 0 Å². The Bertz CT molecular complexity index is 1230. The van der Waals surface area contributed by atoms with Crippen LogP contribution in [0.15, 0.2) is 48.5 Å². The van der Waals surface area contributed by atoms with E-state index >= 15 is 8.78 Å². The van der Waals surface area contributed by atoms with Crippen molar-refractivity contribution in [3.63, 3.8) is 0 Å². The van der Waals surface area contributed by atoms with E-state index in [9.17, 15) is 8.78 Å². The zero-order valence-corrected chi connectivity index (χ0v) is 23.6. The second kappa shape index (κ2) is 14.7. The molecular weight excluding hydrogens is 516 g/mol. The molecule has 1 aliphatic rings. The van der Waals surface area contributed by atoms with E-state index in [2.05, 4.69) is 6.92 Å². The first kappa shape index (κ1) is 30.1. The molecule has 3 aromatic carbocycles. The minimum Gasteiger partial charge on any atom is -0.490 e. The summed E-state index contributed by atoms with van der Waals surface area (Å²) in [4.78, 5) is 0. The molecular formula is C34H40F4O2. The van der Waals surface area contributed by atoms with Crippen LogP contribution >= 0.6 is 0 Å². The number of ether oxygens (including phenoxy) is 2. The van der Waals surface area contributed by atoms with Gasteiger partial charge in [-0.3, -0.25) is 0 Å². The predicted octanol–water partition coefficient (Wildman–Crippen LogP) is 9.72. The Kier molecular flexibility index (Phi) is 11.0. The molecule has 0 N–H and O–H groups in total. The second-order valence-corrected chi connectivity index (χ2v) is 10.8. The van der Waals surface area contributed by atoms with Crippen LogP contribution in [0.5, 0.6) is 5.75 Å². The van der Waals surface area contributed by atoms with E-state index < -0.39 is 23.3 Å². The molecule has 1 fully saturated rings. The van der Waals surface area contributed by atoms with E-state index in [-0.39, 0.29) is 28.9 Å². The molecule has 0 radical (unpaired) electrons. The number of halogens is 4. The maximum atomic E-state index is 15.2. The van der Waals surface area contributed by atoms with Gasteiger partial charge in [0.05, 0.1) is 12.7 Å². The number of benzene rings is 3. The van der Waals surface area contributed by atoms with E-state index in [0.29, 0.717) is 30.6 Å². The second-order valence-electron chi connectivity index (χ2n) is 10.8. The Morgan fingerprint density at radius 2 is 1.38 bits per heavy atom. The maximum Gasteiger partial charge on any atom is 0.200 e. The van der Waals surface area contributed by atoms with Crippen molar-refractivity contribution >= 4 is 0 Å². The molecule has 6 heteroatoms. The van der Waals surface area contributed by atoms with Crippen LogP contribution in [0.4, 0.5) is 17.6 Å². The normalized spacial score (nSPS) is 17.2. The summed E-state index contributed by atoms with van der Waals surface area (Å²) in [5, 5.41) is 0. The Hall–Kier alpha value is -2.86. The molecule has 0 bridgehead atoms. The Balaban J connectivity index is 1.36. The molecule has 3 aromatic rings. The molecule has 1 saturated carbocycles. The van der Waals surface area contributed by atoms with Gasteiger partial charge in [-0.15, -0.1) is 0 Å². The number of rotatable bonds is 13. The molecule has 0 aliphatic heterocycles. The Morgan fingerprint density at radius 1 is 0.675 bits per heavy atom. The van der Waals surface area contributed by atoms with Crippen LogP contribution in [0.25, 0.3) is 11.1 Å². The highest BCUT2D eigenvalue weighted by molar-refractivity contribution is 5.65. The van der Waals surface area contributed by atoms with Crippen molar-refractivity contribution in [1.82, 2.24) is 0 Å². The van der Waals surface area contributed by atoms with E-state index in [1.54, 1.807) is 30.3 Å². The fourth-order valence-electron chi connectivity index (χ4n) is 5.37. The molecule has 0 heterocycles. The molecule has 4 rings (SSSR count). The minimum atomic E-state index is -0.960. The first-order valence-corrected chi connectivity index (χ1v) is 14.7. The van der Waals surface area contributed by atoms with Crippen LogP contribution in [0.2, 0.25) is 0 Å². The SMILES string of the molecule is CCCCOc1ccc(CCc2ccc(-c3ccc(C4CCC(OCCCC)CC4)c(F)c3F)cc2)c(F)c1F. The fourth-order valence-corrected chi connectivity index (χ4v) is 5.37. The average Bonchev–Trinajstić information content (AvgIpc) is 2.97. The van der Waals surface area contributed by atoms with Crippen molar-refractivity contribution in [1.29, 1.82) is 0 Å². The third-order valence-electron chi connectivity index (χ3n) is 7.91. The summed E-state index contributed by atoms with van der Waals surface area (Å²) < 4.78 is 70.5. The molecule has 0 saturated heterocycles. The molecule has 2 nitrogen and oxygen atoms in total. The van der Waals surface area contributed by atoms with Crippen LogP contribution in [-0.4, -0.2) is 19.3 Å². The predicted molar refractivity (Wildman–Crippen MR) is 152 cm³/mol. The number of aryl methyl sites for hydroxylation is 2. The van der Waals surface area contributed by atoms with Crippen molar-refractivity contribution < 1.29 is 27.0 Å². The molecule has 1 aliphatic carbocycles. The quantitative estimate of drug-likeness (QED) is 0.154. The lowest BCUT2D eigenvalue weighted by Crippen LogP contribution is -2.22. The average molecular weight is 557 g/mol. The highest BCUT2D eigenvalue weighted by Crippen LogP contribution is 2.38. The molecule has 0 unspecified atom stereocenters. The third-order valence-corrected chi connectivity index (χ3v) is 7.91. The highest BCUT2D eigenvalue weighted by Gasteiger charge is 2.27. The van der Waals surface area contributed by atoms with Crippen molar-refractivity contribution in [3.8, 4) is 16.9 Å². The van der Waals surface area contributed by atoms with Crippen LogP contribution in [0.3, 0.4) is 0 Å². The van der Waals surface area contributed by atoms with Gasteiger partial charge in [0.2, 0.25) is 5.82 Å². The van der Waals surface area contributed by atoms with Crippen molar-refractivity contribution in [2.24, 2.45) is 0 Å². The van der Waals surface area contributed by atoms with Crippen LogP contribution < -0.4 is 4.74 Å². The molecule has 216 valence electrons. The maximum absolute atomic E-state index is 15.2. The topological polar surface area (TPSA) is 18.5 Å². The van der Waals surface area contributed by atoms with Gasteiger partial charge >= 0.3 is 0 Å². The van der Waals surface area contributed by atoms with E-state index in [1.165, 1.54) is 6.07 Å². The van der Waals surface area contributed by atoms with Crippen LogP contribution in [0.1, 0.15) is 87.8 Å². The number of hydrogen-bond acceptors (Lipinski definition) is 2. The standard InChI is InChI=1S/C34H40F4O2/c1-3-5-21-39-27-16-13-25(14-17-27)29-19-18-28(32(36)33(29)37)24-10-7-23(8-11-24)9-12-26-15-20-30(34(38)31(26)35)40-22-6-4-2/h7-8,10-11,15,18-20,25,27H,3-6,9,12-14,16-17,21-22H2,1-2H3. The first-order chi connectivity index (χ1) is 19.4. The highest BCUT2D eigenvalue weighted by atomic mass is 19.2. The van der Waals surface area contributed by atoms with Crippen molar-refractivity contribution in [2.45, 2.75) is 90.1 Å². The largest absolute Gasteiger partial charge is 0.490 e. The smallest absolute Gasteiger partial charge is 0.200 e. The molecule has 0 spiro atoms. The first-order valence-electron chi connectivity index (χ1n) is 14.7. The summed E-state index contributed by atoms with van der Waals surface area (Å²) in [5.74, 6) is -3.51. The van der Waals surface area contributed by atoms with Gasteiger partial charge in [-0.05, 0) is 85.6 Å². The van der Waals surface area contributed by atoms with E-state index in [1.807, 2.05) is 19.1 Å². The monoisotopic (exact) mass is 556 g/mol. The number of unbranched alkanes of at least 4 members (excludes halogenated alkanes) is 2. The summed E-state index contributed by atoms with van der Waals surface area (Å²) in [6.07, 6.45) is 8.14. The molecule has 40 heavy (non-hydrogen) atoms. The van der Waals surface area contributed by atoms with E-state index in [4.69, 9.17) is 9.47 Å². The third kappa shape index (κ3) is 7.45. The van der Waals surface area contributed by atoms with Crippen molar-refractivity contribution in [3.05, 3.63) is 88.5 Å². The van der Waals surface area contributed by atoms with Gasteiger partial charge in [0.15, 0.2) is 23.2 Å². The van der Waals surface area contributed by atoms with Gasteiger partial charge in [0, 0.05) is 12.2 Å². The summed E-state index contributed by atoms with van der Waals surface area (Å²) in [6.45, 7) is 5.24. The number of hydrogen-bond donors (Lipinski definition) is 0.